The second-order valence-corrected chi connectivity index (χ2v) is 7.94. The van der Waals surface area contributed by atoms with Gasteiger partial charge in [0.25, 0.3) is 17.5 Å². The van der Waals surface area contributed by atoms with Crippen molar-refractivity contribution in [1.29, 1.82) is 0 Å². The van der Waals surface area contributed by atoms with Gasteiger partial charge in [-0.05, 0) is 43.3 Å². The molecule has 2 amide bonds. The monoisotopic (exact) mass is 504 g/mol. The Hall–Kier alpha value is -3.46. The predicted octanol–water partition coefficient (Wildman–Crippen LogP) is 5.96. The molecule has 0 aliphatic rings. The van der Waals surface area contributed by atoms with Crippen LogP contribution in [-0.4, -0.2) is 22.4 Å². The van der Waals surface area contributed by atoms with Gasteiger partial charge in [-0.2, -0.15) is 5.10 Å². The molecule has 0 aromatic heterocycles. The van der Waals surface area contributed by atoms with Gasteiger partial charge >= 0.3 is 0 Å². The van der Waals surface area contributed by atoms with Crippen molar-refractivity contribution in [3.63, 3.8) is 0 Å². The molecule has 0 spiro atoms. The van der Waals surface area contributed by atoms with Gasteiger partial charge in [0.1, 0.15) is 5.02 Å². The highest BCUT2D eigenvalue weighted by atomic mass is 35.5. The summed E-state index contributed by atoms with van der Waals surface area (Å²) < 4.78 is 0. The number of nitrogens with zero attached hydrogens (tertiary/aromatic N) is 2. The van der Waals surface area contributed by atoms with Crippen LogP contribution in [0.1, 0.15) is 33.2 Å². The first kappa shape index (κ1) is 24.2. The molecule has 3 aromatic rings. The van der Waals surface area contributed by atoms with Crippen molar-refractivity contribution >= 4 is 63.7 Å². The zero-order chi connectivity index (χ0) is 24.1. The van der Waals surface area contributed by atoms with Gasteiger partial charge in [0, 0.05) is 22.2 Å². The predicted molar refractivity (Wildman–Crippen MR) is 129 cm³/mol. The Morgan fingerprint density at radius 2 is 1.64 bits per heavy atom. The van der Waals surface area contributed by atoms with Crippen LogP contribution in [0, 0.1) is 10.1 Å². The lowest BCUT2D eigenvalue weighted by Gasteiger charge is -2.11. The van der Waals surface area contributed by atoms with E-state index in [0.717, 1.165) is 6.07 Å². The molecule has 0 saturated heterocycles. The Morgan fingerprint density at radius 3 is 2.30 bits per heavy atom. The number of halogens is 3. The third-order valence-corrected chi connectivity index (χ3v) is 5.32. The summed E-state index contributed by atoms with van der Waals surface area (Å²) in [4.78, 5) is 35.6. The van der Waals surface area contributed by atoms with Gasteiger partial charge in [0.2, 0.25) is 0 Å². The molecule has 0 saturated carbocycles. The number of amides is 2. The van der Waals surface area contributed by atoms with E-state index in [1.807, 2.05) is 0 Å². The molecular formula is C22H15Cl3N4O4. The molecule has 0 unspecified atom stereocenters. The van der Waals surface area contributed by atoms with Crippen LogP contribution in [-0.2, 0) is 0 Å². The highest BCUT2D eigenvalue weighted by Crippen LogP contribution is 2.26. The standard InChI is InChI=1S/C22H15Cl3N4O4/c1-12(15-8-7-14(23)11-17(15)24)27-28-22(31)16-4-2-3-5-19(16)26-21(30)13-6-9-20(29(32)33)18(25)10-13/h2-11H,1H3,(H,26,30)(H,28,31). The van der Waals surface area contributed by atoms with E-state index >= 15 is 0 Å². The summed E-state index contributed by atoms with van der Waals surface area (Å²) in [6.07, 6.45) is 0. The van der Waals surface area contributed by atoms with Crippen molar-refractivity contribution < 1.29 is 14.5 Å². The summed E-state index contributed by atoms with van der Waals surface area (Å²) in [5, 5.41) is 18.3. The number of nitro groups is 1. The maximum absolute atomic E-state index is 12.7. The van der Waals surface area contributed by atoms with E-state index in [-0.39, 0.29) is 27.5 Å². The maximum atomic E-state index is 12.7. The van der Waals surface area contributed by atoms with Gasteiger partial charge in [-0.1, -0.05) is 53.0 Å². The lowest BCUT2D eigenvalue weighted by molar-refractivity contribution is -0.384. The van der Waals surface area contributed by atoms with Gasteiger partial charge in [-0.3, -0.25) is 19.7 Å². The second-order valence-electron chi connectivity index (χ2n) is 6.69. The zero-order valence-electron chi connectivity index (χ0n) is 16.9. The van der Waals surface area contributed by atoms with E-state index in [4.69, 9.17) is 34.8 Å². The Bertz CT molecular complexity index is 1290. The van der Waals surface area contributed by atoms with E-state index in [0.29, 0.717) is 21.3 Å². The molecule has 3 aromatic carbocycles. The van der Waals surface area contributed by atoms with Gasteiger partial charge in [-0.15, -0.1) is 0 Å². The van der Waals surface area contributed by atoms with Crippen molar-refractivity contribution in [2.75, 3.05) is 5.32 Å². The van der Waals surface area contributed by atoms with Crippen LogP contribution in [0.4, 0.5) is 11.4 Å². The van der Waals surface area contributed by atoms with Crippen molar-refractivity contribution in [1.82, 2.24) is 5.43 Å². The fourth-order valence-corrected chi connectivity index (χ4v) is 3.61. The third-order valence-electron chi connectivity index (χ3n) is 4.47. The van der Waals surface area contributed by atoms with E-state index in [1.54, 1.807) is 37.3 Å². The SMILES string of the molecule is CC(=NNC(=O)c1ccccc1NC(=O)c1ccc([N+](=O)[O-])c(Cl)c1)c1ccc(Cl)cc1Cl. The minimum absolute atomic E-state index is 0.0899. The number of hydrogen-bond acceptors (Lipinski definition) is 5. The molecule has 33 heavy (non-hydrogen) atoms. The number of carbonyl (C=O) groups excluding carboxylic acids is 2. The second kappa shape index (κ2) is 10.4. The summed E-state index contributed by atoms with van der Waals surface area (Å²) in [5.74, 6) is -1.17. The van der Waals surface area contributed by atoms with Crippen molar-refractivity contribution in [3.8, 4) is 0 Å². The highest BCUT2D eigenvalue weighted by Gasteiger charge is 2.18. The van der Waals surface area contributed by atoms with Gasteiger partial charge < -0.3 is 5.32 Å². The molecule has 0 atom stereocenters. The Kier molecular flexibility index (Phi) is 7.65. The molecule has 0 bridgehead atoms. The molecule has 0 fully saturated rings. The minimum atomic E-state index is -0.649. The smallest absolute Gasteiger partial charge is 0.287 e. The first-order valence-electron chi connectivity index (χ1n) is 9.31. The summed E-state index contributed by atoms with van der Waals surface area (Å²) in [7, 11) is 0. The molecule has 0 aliphatic heterocycles. The first-order valence-corrected chi connectivity index (χ1v) is 10.4. The van der Waals surface area contributed by atoms with Crippen LogP contribution in [0.25, 0.3) is 0 Å². The number of carbonyl (C=O) groups is 2. The third kappa shape index (κ3) is 5.87. The van der Waals surface area contributed by atoms with E-state index < -0.39 is 16.7 Å². The van der Waals surface area contributed by atoms with Crippen LogP contribution in [0.15, 0.2) is 65.8 Å². The number of rotatable bonds is 6. The van der Waals surface area contributed by atoms with E-state index in [2.05, 4.69) is 15.8 Å². The number of anilines is 1. The molecular weight excluding hydrogens is 491 g/mol. The summed E-state index contributed by atoms with van der Waals surface area (Å²) in [6.45, 7) is 1.67. The quantitative estimate of drug-likeness (QED) is 0.244. The largest absolute Gasteiger partial charge is 0.321 e. The first-order chi connectivity index (χ1) is 15.7. The number of hydrazone groups is 1. The number of hydrogen-bond donors (Lipinski definition) is 2. The lowest BCUT2D eigenvalue weighted by Crippen LogP contribution is -2.22. The number of nitro benzene ring substituents is 1. The van der Waals surface area contributed by atoms with Crippen LogP contribution in [0.3, 0.4) is 0 Å². The fraction of sp³-hybridized carbons (Fsp3) is 0.0455. The van der Waals surface area contributed by atoms with Crippen LogP contribution in [0.2, 0.25) is 15.1 Å². The molecule has 8 nitrogen and oxygen atoms in total. The number of benzene rings is 3. The summed E-state index contributed by atoms with van der Waals surface area (Å²) in [5.41, 5.74) is 3.62. The van der Waals surface area contributed by atoms with E-state index in [1.165, 1.54) is 24.3 Å². The molecule has 3 rings (SSSR count). The van der Waals surface area contributed by atoms with Crippen LogP contribution < -0.4 is 10.7 Å². The van der Waals surface area contributed by atoms with Crippen LogP contribution >= 0.6 is 34.8 Å². The number of para-hydroxylation sites is 1. The van der Waals surface area contributed by atoms with Crippen molar-refractivity contribution in [3.05, 3.63) is 103 Å². The van der Waals surface area contributed by atoms with Gasteiger partial charge in [0.15, 0.2) is 0 Å². The van der Waals surface area contributed by atoms with Gasteiger partial charge in [-0.25, -0.2) is 5.43 Å². The van der Waals surface area contributed by atoms with Crippen molar-refractivity contribution in [2.24, 2.45) is 5.10 Å². The van der Waals surface area contributed by atoms with Crippen LogP contribution in [0.5, 0.6) is 0 Å². The highest BCUT2D eigenvalue weighted by molar-refractivity contribution is 6.37. The molecule has 168 valence electrons. The molecule has 2 N–H and O–H groups in total. The average Bonchev–Trinajstić information content (AvgIpc) is 2.77. The lowest BCUT2D eigenvalue weighted by atomic mass is 10.1. The number of nitrogens with one attached hydrogen (secondary N) is 2. The molecule has 11 heteroatoms. The topological polar surface area (TPSA) is 114 Å². The van der Waals surface area contributed by atoms with Gasteiger partial charge in [0.05, 0.1) is 26.9 Å². The summed E-state index contributed by atoms with van der Waals surface area (Å²) >= 11 is 17.9. The maximum Gasteiger partial charge on any atom is 0.287 e. The summed E-state index contributed by atoms with van der Waals surface area (Å²) in [6, 6.07) is 14.8. The molecule has 0 radical (unpaired) electrons. The normalized spacial score (nSPS) is 11.1. The molecule has 0 heterocycles. The minimum Gasteiger partial charge on any atom is -0.321 e. The Morgan fingerprint density at radius 1 is 0.909 bits per heavy atom. The van der Waals surface area contributed by atoms with E-state index in [9.17, 15) is 19.7 Å². The zero-order valence-corrected chi connectivity index (χ0v) is 19.2. The molecule has 0 aliphatic carbocycles. The average molecular weight is 506 g/mol. The fourth-order valence-electron chi connectivity index (χ4n) is 2.82. The Labute approximate surface area is 203 Å². The van der Waals surface area contributed by atoms with Crippen molar-refractivity contribution in [2.45, 2.75) is 6.92 Å². The Balaban J connectivity index is 1.78.